The van der Waals surface area contributed by atoms with E-state index in [0.29, 0.717) is 28.2 Å². The first-order valence-corrected chi connectivity index (χ1v) is 10.7. The summed E-state index contributed by atoms with van der Waals surface area (Å²) >= 11 is 0. The van der Waals surface area contributed by atoms with Crippen molar-refractivity contribution in [3.05, 3.63) is 94.5 Å². The Labute approximate surface area is 197 Å². The summed E-state index contributed by atoms with van der Waals surface area (Å²) < 4.78 is 42.6. The molecule has 176 valence electrons. The van der Waals surface area contributed by atoms with Gasteiger partial charge < -0.3 is 11.1 Å². The molecule has 2 aromatic carbocycles. The number of halogens is 3. The van der Waals surface area contributed by atoms with E-state index in [2.05, 4.69) is 20.3 Å². The van der Waals surface area contributed by atoms with Crippen LogP contribution in [0.5, 0.6) is 0 Å². The highest BCUT2D eigenvalue weighted by molar-refractivity contribution is 5.87. The van der Waals surface area contributed by atoms with Crippen molar-refractivity contribution in [1.29, 1.82) is 0 Å². The highest BCUT2D eigenvalue weighted by Gasteiger charge is 2.34. The lowest BCUT2D eigenvalue weighted by Gasteiger charge is -2.22. The smallest absolute Gasteiger partial charge is 0.368 e. The van der Waals surface area contributed by atoms with Crippen molar-refractivity contribution in [2.24, 2.45) is 0 Å². The third kappa shape index (κ3) is 4.03. The number of alkyl halides is 3. The van der Waals surface area contributed by atoms with Crippen molar-refractivity contribution < 1.29 is 13.2 Å². The highest BCUT2D eigenvalue weighted by Crippen LogP contribution is 2.35. The number of nitrogens with two attached hydrogens (primary N) is 1. The quantitative estimate of drug-likeness (QED) is 0.374. The summed E-state index contributed by atoms with van der Waals surface area (Å²) in [7, 11) is 0. The normalized spacial score (nSPS) is 12.7. The number of fused-ring (bicyclic) bond motifs is 2. The Morgan fingerprint density at radius 1 is 1.00 bits per heavy atom. The van der Waals surface area contributed by atoms with Gasteiger partial charge in [0.1, 0.15) is 5.52 Å². The van der Waals surface area contributed by atoms with E-state index >= 15 is 0 Å². The van der Waals surface area contributed by atoms with Gasteiger partial charge in [0.05, 0.1) is 22.5 Å². The average molecular weight is 476 g/mol. The molecule has 5 aromatic rings. The standard InChI is InChI=1S/C25H19F3N6O/c1-14(31-22-21-18(11-6-12-30-21)32-24(29)33-22)19-13-15-7-5-10-17(25(26,27)28)20(15)23(35)34(19)16-8-3-2-4-9-16/h2-14H,1H3,(H3,29,31,32,33). The zero-order valence-electron chi connectivity index (χ0n) is 18.4. The molecule has 0 aliphatic carbocycles. The summed E-state index contributed by atoms with van der Waals surface area (Å²) in [4.78, 5) is 26.4. The SMILES string of the molecule is CC(Nc1nc(N)nc2cccnc12)c1cc2cccc(C(F)(F)F)c2c(=O)n1-c1ccccc1. The molecule has 0 aliphatic heterocycles. The summed E-state index contributed by atoms with van der Waals surface area (Å²) in [6.45, 7) is 1.78. The van der Waals surface area contributed by atoms with Crippen molar-refractivity contribution in [2.45, 2.75) is 19.1 Å². The number of para-hydroxylation sites is 1. The molecule has 0 saturated heterocycles. The number of nitrogen functional groups attached to an aromatic ring is 1. The third-order valence-corrected chi connectivity index (χ3v) is 5.66. The molecule has 0 amide bonds. The number of anilines is 2. The van der Waals surface area contributed by atoms with E-state index < -0.39 is 28.7 Å². The van der Waals surface area contributed by atoms with Crippen LogP contribution in [0.1, 0.15) is 24.2 Å². The fourth-order valence-electron chi connectivity index (χ4n) is 4.15. The van der Waals surface area contributed by atoms with Crippen molar-refractivity contribution >= 4 is 33.6 Å². The van der Waals surface area contributed by atoms with Gasteiger partial charge in [-0.2, -0.15) is 18.2 Å². The van der Waals surface area contributed by atoms with Gasteiger partial charge in [0.25, 0.3) is 5.56 Å². The number of benzene rings is 2. The Balaban J connectivity index is 1.74. The number of rotatable bonds is 4. The van der Waals surface area contributed by atoms with Crippen molar-refractivity contribution in [1.82, 2.24) is 19.5 Å². The van der Waals surface area contributed by atoms with E-state index in [-0.39, 0.29) is 11.3 Å². The molecule has 0 aliphatic rings. The minimum Gasteiger partial charge on any atom is -0.368 e. The van der Waals surface area contributed by atoms with Crippen molar-refractivity contribution in [3.8, 4) is 5.69 Å². The number of hydrogen-bond donors (Lipinski definition) is 2. The van der Waals surface area contributed by atoms with Gasteiger partial charge in [0.2, 0.25) is 5.95 Å². The van der Waals surface area contributed by atoms with E-state index in [1.807, 2.05) is 0 Å². The van der Waals surface area contributed by atoms with E-state index in [0.717, 1.165) is 6.07 Å². The monoisotopic (exact) mass is 476 g/mol. The van der Waals surface area contributed by atoms with Gasteiger partial charge in [-0.25, -0.2) is 4.98 Å². The first kappa shape index (κ1) is 22.3. The van der Waals surface area contributed by atoms with Crippen LogP contribution in [0.15, 0.2) is 77.7 Å². The van der Waals surface area contributed by atoms with Crippen LogP contribution < -0.4 is 16.6 Å². The number of hydrogen-bond acceptors (Lipinski definition) is 6. The Kier molecular flexibility index (Phi) is 5.35. The molecule has 10 heteroatoms. The van der Waals surface area contributed by atoms with Gasteiger partial charge in [0.15, 0.2) is 5.82 Å². The van der Waals surface area contributed by atoms with Crippen LogP contribution in [-0.2, 0) is 6.18 Å². The molecule has 3 N–H and O–H groups in total. The maximum absolute atomic E-state index is 13.8. The first-order chi connectivity index (χ1) is 16.7. The zero-order chi connectivity index (χ0) is 24.7. The van der Waals surface area contributed by atoms with Crippen molar-refractivity contribution in [3.63, 3.8) is 0 Å². The Morgan fingerprint density at radius 2 is 1.77 bits per heavy atom. The summed E-state index contributed by atoms with van der Waals surface area (Å²) in [5.41, 5.74) is 6.00. The molecule has 0 fully saturated rings. The van der Waals surface area contributed by atoms with Crippen LogP contribution in [-0.4, -0.2) is 19.5 Å². The molecule has 3 aromatic heterocycles. The van der Waals surface area contributed by atoms with Crippen LogP contribution in [0.3, 0.4) is 0 Å². The zero-order valence-corrected chi connectivity index (χ0v) is 18.4. The summed E-state index contributed by atoms with van der Waals surface area (Å²) in [6.07, 6.45) is -3.09. The summed E-state index contributed by atoms with van der Waals surface area (Å²) in [6, 6.07) is 16.7. The minimum atomic E-state index is -4.68. The molecule has 35 heavy (non-hydrogen) atoms. The molecule has 5 rings (SSSR count). The summed E-state index contributed by atoms with van der Waals surface area (Å²) in [5.74, 6) is 0.380. The van der Waals surface area contributed by atoms with Gasteiger partial charge in [-0.05, 0) is 48.7 Å². The molecule has 0 bridgehead atoms. The van der Waals surface area contributed by atoms with Gasteiger partial charge in [-0.15, -0.1) is 0 Å². The lowest BCUT2D eigenvalue weighted by atomic mass is 10.0. The van der Waals surface area contributed by atoms with Crippen molar-refractivity contribution in [2.75, 3.05) is 11.1 Å². The molecule has 3 heterocycles. The minimum absolute atomic E-state index is 0.0361. The maximum atomic E-state index is 13.8. The molecule has 7 nitrogen and oxygen atoms in total. The number of aromatic nitrogens is 4. The maximum Gasteiger partial charge on any atom is 0.417 e. The predicted molar refractivity (Wildman–Crippen MR) is 128 cm³/mol. The van der Waals surface area contributed by atoms with Gasteiger partial charge in [-0.1, -0.05) is 30.3 Å². The predicted octanol–water partition coefficient (Wildman–Crippen LogP) is 5.10. The van der Waals surface area contributed by atoms with Gasteiger partial charge in [-0.3, -0.25) is 14.3 Å². The molecule has 0 radical (unpaired) electrons. The lowest BCUT2D eigenvalue weighted by Crippen LogP contribution is -2.27. The van der Waals surface area contributed by atoms with Crippen LogP contribution in [0.2, 0.25) is 0 Å². The number of nitrogens with zero attached hydrogens (tertiary/aromatic N) is 4. The fourth-order valence-corrected chi connectivity index (χ4v) is 4.15. The van der Waals surface area contributed by atoms with Crippen LogP contribution in [0.4, 0.5) is 24.9 Å². The number of pyridine rings is 2. The Hall–Kier alpha value is -4.47. The molecule has 1 unspecified atom stereocenters. The second kappa shape index (κ2) is 8.39. The topological polar surface area (TPSA) is 98.7 Å². The molecule has 0 spiro atoms. The van der Waals surface area contributed by atoms with E-state index in [9.17, 15) is 18.0 Å². The van der Waals surface area contributed by atoms with E-state index in [1.165, 1.54) is 16.7 Å². The molecular weight excluding hydrogens is 457 g/mol. The van der Waals surface area contributed by atoms with Crippen LogP contribution >= 0.6 is 0 Å². The van der Waals surface area contributed by atoms with E-state index in [1.54, 1.807) is 61.7 Å². The third-order valence-electron chi connectivity index (χ3n) is 5.66. The van der Waals surface area contributed by atoms with Gasteiger partial charge in [0, 0.05) is 17.6 Å². The van der Waals surface area contributed by atoms with E-state index in [4.69, 9.17) is 5.73 Å². The number of nitrogens with one attached hydrogen (secondary N) is 1. The first-order valence-electron chi connectivity index (χ1n) is 10.7. The molecule has 0 saturated carbocycles. The highest BCUT2D eigenvalue weighted by atomic mass is 19.4. The Bertz CT molecular complexity index is 1620. The van der Waals surface area contributed by atoms with Gasteiger partial charge >= 0.3 is 6.18 Å². The Morgan fingerprint density at radius 3 is 2.51 bits per heavy atom. The average Bonchev–Trinajstić information content (AvgIpc) is 2.83. The second-order valence-electron chi connectivity index (χ2n) is 7.98. The second-order valence-corrected chi connectivity index (χ2v) is 7.98. The molecule has 1 atom stereocenters. The summed E-state index contributed by atoms with van der Waals surface area (Å²) in [5, 5.41) is 3.01. The van der Waals surface area contributed by atoms with Crippen LogP contribution in [0.25, 0.3) is 27.5 Å². The van der Waals surface area contributed by atoms with Crippen LogP contribution in [0, 0.1) is 0 Å². The lowest BCUT2D eigenvalue weighted by molar-refractivity contribution is -0.136. The molecular formula is C25H19F3N6O. The largest absolute Gasteiger partial charge is 0.417 e. The fraction of sp³-hybridized carbons (Fsp3) is 0.120.